The third kappa shape index (κ3) is 4.90. The van der Waals surface area contributed by atoms with E-state index < -0.39 is 20.9 Å². The Labute approximate surface area is 155 Å². The standard InChI is InChI=1S/C17H17N3O6S/c1-3-10-18-27(24,25)14-7-4-12(5-8-14)17(21)19-15-9-6-13(20(22)23)11-16(15)26-2/h3-9,11,18H,1,10H2,2H3,(H,19,21). The van der Waals surface area contributed by atoms with Gasteiger partial charge in [0.05, 0.1) is 28.7 Å². The van der Waals surface area contributed by atoms with Crippen LogP contribution >= 0.6 is 0 Å². The van der Waals surface area contributed by atoms with Crippen molar-refractivity contribution in [2.24, 2.45) is 0 Å². The summed E-state index contributed by atoms with van der Waals surface area (Å²) in [6.45, 7) is 3.52. The number of carbonyl (C=O) groups excluding carboxylic acids is 1. The number of non-ortho nitro benzene ring substituents is 1. The molecule has 0 aliphatic heterocycles. The van der Waals surface area contributed by atoms with Gasteiger partial charge in [-0.1, -0.05) is 6.08 Å². The molecule has 0 heterocycles. The second-order valence-corrected chi connectivity index (χ2v) is 7.03. The Morgan fingerprint density at radius 1 is 1.26 bits per heavy atom. The molecule has 0 fully saturated rings. The van der Waals surface area contributed by atoms with Crippen LogP contribution in [-0.4, -0.2) is 32.9 Å². The summed E-state index contributed by atoms with van der Waals surface area (Å²) in [5, 5.41) is 13.4. The Morgan fingerprint density at radius 2 is 1.93 bits per heavy atom. The second kappa shape index (κ2) is 8.43. The molecular weight excluding hydrogens is 374 g/mol. The zero-order valence-corrected chi connectivity index (χ0v) is 15.2. The Kier molecular flexibility index (Phi) is 6.27. The summed E-state index contributed by atoms with van der Waals surface area (Å²) in [5.74, 6) is -0.393. The van der Waals surface area contributed by atoms with Crippen LogP contribution in [0.1, 0.15) is 10.4 Å². The highest BCUT2D eigenvalue weighted by Gasteiger charge is 2.16. The number of ether oxygens (including phenoxy) is 1. The number of hydrogen-bond donors (Lipinski definition) is 2. The topological polar surface area (TPSA) is 128 Å². The van der Waals surface area contributed by atoms with E-state index >= 15 is 0 Å². The minimum Gasteiger partial charge on any atom is -0.494 e. The molecule has 0 unspecified atom stereocenters. The number of nitrogens with zero attached hydrogens (tertiary/aromatic N) is 1. The van der Waals surface area contributed by atoms with Gasteiger partial charge in [-0.25, -0.2) is 13.1 Å². The minimum absolute atomic E-state index is 0.00816. The number of sulfonamides is 1. The van der Waals surface area contributed by atoms with E-state index in [1.54, 1.807) is 0 Å². The number of nitro benzene ring substituents is 1. The first-order valence-corrected chi connectivity index (χ1v) is 9.11. The second-order valence-electron chi connectivity index (χ2n) is 5.26. The van der Waals surface area contributed by atoms with Crippen molar-refractivity contribution in [2.45, 2.75) is 4.90 Å². The van der Waals surface area contributed by atoms with Crippen molar-refractivity contribution in [2.75, 3.05) is 19.0 Å². The van der Waals surface area contributed by atoms with Gasteiger partial charge in [0.1, 0.15) is 5.75 Å². The molecule has 1 amide bonds. The number of anilines is 1. The van der Waals surface area contributed by atoms with Crippen LogP contribution in [0.15, 0.2) is 60.0 Å². The van der Waals surface area contributed by atoms with Crippen LogP contribution in [0.2, 0.25) is 0 Å². The molecule has 27 heavy (non-hydrogen) atoms. The number of benzene rings is 2. The van der Waals surface area contributed by atoms with Crippen molar-refractivity contribution in [3.63, 3.8) is 0 Å². The monoisotopic (exact) mass is 391 g/mol. The molecule has 0 bridgehead atoms. The summed E-state index contributed by atoms with van der Waals surface area (Å²) in [4.78, 5) is 22.6. The molecule has 2 aromatic carbocycles. The smallest absolute Gasteiger partial charge is 0.273 e. The maximum atomic E-state index is 12.4. The zero-order chi connectivity index (χ0) is 20.0. The van der Waals surface area contributed by atoms with E-state index in [1.807, 2.05) is 0 Å². The minimum atomic E-state index is -3.68. The average Bonchev–Trinajstić information content (AvgIpc) is 2.66. The fourth-order valence-electron chi connectivity index (χ4n) is 2.13. The third-order valence-electron chi connectivity index (χ3n) is 3.49. The van der Waals surface area contributed by atoms with Gasteiger partial charge >= 0.3 is 0 Å². The molecule has 2 N–H and O–H groups in total. The summed E-state index contributed by atoms with van der Waals surface area (Å²) in [7, 11) is -2.36. The molecule has 9 nitrogen and oxygen atoms in total. The van der Waals surface area contributed by atoms with Crippen molar-refractivity contribution in [3.8, 4) is 5.75 Å². The van der Waals surface area contributed by atoms with Gasteiger partial charge < -0.3 is 10.1 Å². The molecule has 0 radical (unpaired) electrons. The molecule has 0 aliphatic rings. The molecular formula is C17H17N3O6S. The summed E-state index contributed by atoms with van der Waals surface area (Å²) in [6.07, 6.45) is 1.41. The molecule has 0 aromatic heterocycles. The average molecular weight is 391 g/mol. The maximum Gasteiger partial charge on any atom is 0.273 e. The fraction of sp³-hybridized carbons (Fsp3) is 0.118. The largest absolute Gasteiger partial charge is 0.494 e. The van der Waals surface area contributed by atoms with Gasteiger partial charge in [-0.2, -0.15) is 0 Å². The first kappa shape index (κ1) is 20.1. The van der Waals surface area contributed by atoms with Gasteiger partial charge in [0.15, 0.2) is 0 Å². The molecule has 2 aromatic rings. The molecule has 142 valence electrons. The van der Waals surface area contributed by atoms with Crippen molar-refractivity contribution in [3.05, 3.63) is 70.8 Å². The third-order valence-corrected chi connectivity index (χ3v) is 4.93. The van der Waals surface area contributed by atoms with E-state index in [0.717, 1.165) is 0 Å². The molecule has 0 aliphatic carbocycles. The van der Waals surface area contributed by atoms with Gasteiger partial charge in [-0.05, 0) is 30.3 Å². The molecule has 0 atom stereocenters. The lowest BCUT2D eigenvalue weighted by Gasteiger charge is -2.10. The quantitative estimate of drug-likeness (QED) is 0.404. The summed E-state index contributed by atoms with van der Waals surface area (Å²) < 4.78 is 31.4. The molecule has 0 spiro atoms. The summed E-state index contributed by atoms with van der Waals surface area (Å²) in [6, 6.07) is 9.09. The highest BCUT2D eigenvalue weighted by Crippen LogP contribution is 2.29. The van der Waals surface area contributed by atoms with Gasteiger partial charge in [0, 0.05) is 18.2 Å². The van der Waals surface area contributed by atoms with Crippen LogP contribution in [0.5, 0.6) is 5.75 Å². The molecule has 10 heteroatoms. The number of nitrogens with one attached hydrogen (secondary N) is 2. The first-order valence-electron chi connectivity index (χ1n) is 7.63. The zero-order valence-electron chi connectivity index (χ0n) is 14.3. The van der Waals surface area contributed by atoms with E-state index in [1.165, 1.54) is 55.7 Å². The molecule has 0 saturated heterocycles. The summed E-state index contributed by atoms with van der Waals surface area (Å²) in [5.41, 5.74) is 0.280. The predicted octanol–water partition coefficient (Wildman–Crippen LogP) is 2.32. The van der Waals surface area contributed by atoms with Crippen LogP contribution in [0.25, 0.3) is 0 Å². The van der Waals surface area contributed by atoms with Crippen LogP contribution in [0, 0.1) is 10.1 Å². The lowest BCUT2D eigenvalue weighted by molar-refractivity contribution is -0.384. The van der Waals surface area contributed by atoms with Crippen LogP contribution in [0.3, 0.4) is 0 Å². The Balaban J connectivity index is 2.19. The van der Waals surface area contributed by atoms with Crippen LogP contribution < -0.4 is 14.8 Å². The maximum absolute atomic E-state index is 12.4. The molecule has 2 rings (SSSR count). The number of amides is 1. The van der Waals surface area contributed by atoms with Gasteiger partial charge in [0.2, 0.25) is 10.0 Å². The highest BCUT2D eigenvalue weighted by molar-refractivity contribution is 7.89. The van der Waals surface area contributed by atoms with E-state index in [9.17, 15) is 23.3 Å². The predicted molar refractivity (Wildman–Crippen MR) is 99.4 cm³/mol. The Bertz CT molecular complexity index is 971. The highest BCUT2D eigenvalue weighted by atomic mass is 32.2. The Morgan fingerprint density at radius 3 is 2.48 bits per heavy atom. The Hall–Kier alpha value is -3.24. The number of rotatable bonds is 8. The van der Waals surface area contributed by atoms with E-state index in [0.29, 0.717) is 0 Å². The molecule has 0 saturated carbocycles. The normalized spacial score (nSPS) is 10.9. The first-order chi connectivity index (χ1) is 12.8. The van der Waals surface area contributed by atoms with E-state index in [-0.39, 0.29) is 34.1 Å². The van der Waals surface area contributed by atoms with E-state index in [4.69, 9.17) is 4.74 Å². The van der Waals surface area contributed by atoms with Gasteiger partial charge in [0.25, 0.3) is 11.6 Å². The SMILES string of the molecule is C=CCNS(=O)(=O)c1ccc(C(=O)Nc2ccc([N+](=O)[O-])cc2OC)cc1. The van der Waals surface area contributed by atoms with Crippen molar-refractivity contribution < 1.29 is 22.9 Å². The van der Waals surface area contributed by atoms with Gasteiger partial charge in [-0.15, -0.1) is 6.58 Å². The lowest BCUT2D eigenvalue weighted by Crippen LogP contribution is -2.23. The number of carbonyl (C=O) groups is 1. The lowest BCUT2D eigenvalue weighted by atomic mass is 10.2. The van der Waals surface area contributed by atoms with Crippen molar-refractivity contribution in [1.29, 1.82) is 0 Å². The van der Waals surface area contributed by atoms with Crippen LogP contribution in [-0.2, 0) is 10.0 Å². The fourth-order valence-corrected chi connectivity index (χ4v) is 3.13. The van der Waals surface area contributed by atoms with Crippen LogP contribution in [0.4, 0.5) is 11.4 Å². The van der Waals surface area contributed by atoms with E-state index in [2.05, 4.69) is 16.6 Å². The number of hydrogen-bond acceptors (Lipinski definition) is 6. The van der Waals surface area contributed by atoms with Gasteiger partial charge in [-0.3, -0.25) is 14.9 Å². The van der Waals surface area contributed by atoms with Crippen molar-refractivity contribution >= 4 is 27.3 Å². The summed E-state index contributed by atoms with van der Waals surface area (Å²) >= 11 is 0. The number of nitro groups is 1. The number of methoxy groups -OCH3 is 1. The van der Waals surface area contributed by atoms with Crippen molar-refractivity contribution in [1.82, 2.24) is 4.72 Å².